The van der Waals surface area contributed by atoms with E-state index in [2.05, 4.69) is 32.1 Å². The average molecular weight is 342 g/mol. The van der Waals surface area contributed by atoms with Crippen molar-refractivity contribution in [3.05, 3.63) is 23.7 Å². The summed E-state index contributed by atoms with van der Waals surface area (Å²) < 4.78 is 1.87. The van der Waals surface area contributed by atoms with E-state index in [9.17, 15) is 4.79 Å². The van der Waals surface area contributed by atoms with Crippen LogP contribution in [-0.2, 0) is 4.79 Å². The quantitative estimate of drug-likeness (QED) is 0.827. The van der Waals surface area contributed by atoms with Crippen molar-refractivity contribution in [2.24, 2.45) is 5.92 Å². The van der Waals surface area contributed by atoms with E-state index in [1.54, 1.807) is 0 Å². The zero-order chi connectivity index (χ0) is 17.4. The fourth-order valence-corrected chi connectivity index (χ4v) is 4.14. The van der Waals surface area contributed by atoms with Crippen molar-refractivity contribution in [1.82, 2.24) is 29.6 Å². The monoisotopic (exact) mass is 342 g/mol. The molecule has 0 saturated carbocycles. The number of nitrogens with zero attached hydrogens (tertiary/aromatic N) is 6. The largest absolute Gasteiger partial charge is 0.342 e. The number of carbonyl (C=O) groups excluding carboxylic acids is 1. The molecule has 2 aromatic heterocycles. The van der Waals surface area contributed by atoms with Crippen LogP contribution in [0.15, 0.2) is 12.1 Å². The molecule has 7 heteroatoms. The van der Waals surface area contributed by atoms with Crippen molar-refractivity contribution >= 4 is 11.6 Å². The molecule has 1 amide bonds. The topological polar surface area (TPSA) is 66.6 Å². The molecule has 0 bridgehead atoms. The summed E-state index contributed by atoms with van der Waals surface area (Å²) in [5.74, 6) is 1.77. The molecule has 0 radical (unpaired) electrons. The molecule has 2 aliphatic rings. The Bertz CT molecular complexity index is 764. The van der Waals surface area contributed by atoms with Gasteiger partial charge >= 0.3 is 0 Å². The van der Waals surface area contributed by atoms with Crippen LogP contribution >= 0.6 is 0 Å². The number of piperidine rings is 2. The molecule has 0 aliphatic carbocycles. The number of rotatable bonds is 2. The molecule has 1 atom stereocenters. The Hall–Kier alpha value is -2.02. The highest BCUT2D eigenvalue weighted by molar-refractivity contribution is 5.79. The lowest BCUT2D eigenvalue weighted by atomic mass is 9.92. The number of amides is 1. The fourth-order valence-electron chi connectivity index (χ4n) is 4.14. The maximum absolute atomic E-state index is 12.8. The Kier molecular flexibility index (Phi) is 4.41. The molecule has 2 fully saturated rings. The van der Waals surface area contributed by atoms with Gasteiger partial charge in [0.15, 0.2) is 11.5 Å². The summed E-state index contributed by atoms with van der Waals surface area (Å²) in [5, 5.41) is 13.2. The van der Waals surface area contributed by atoms with Gasteiger partial charge in [-0.25, -0.2) is 0 Å². The lowest BCUT2D eigenvalue weighted by molar-refractivity contribution is -0.138. The van der Waals surface area contributed by atoms with E-state index in [1.807, 2.05) is 23.6 Å². The molecule has 2 saturated heterocycles. The highest BCUT2D eigenvalue weighted by Crippen LogP contribution is 2.28. The second-order valence-corrected chi connectivity index (χ2v) is 7.50. The molecule has 134 valence electrons. The van der Waals surface area contributed by atoms with E-state index in [1.165, 1.54) is 0 Å². The molecule has 2 aliphatic heterocycles. The zero-order valence-electron chi connectivity index (χ0n) is 15.1. The van der Waals surface area contributed by atoms with Crippen molar-refractivity contribution in [2.45, 2.75) is 38.5 Å². The van der Waals surface area contributed by atoms with Gasteiger partial charge < -0.3 is 9.80 Å². The number of aromatic nitrogens is 4. The second-order valence-electron chi connectivity index (χ2n) is 7.50. The minimum absolute atomic E-state index is 0.175. The number of hydrogen-bond donors (Lipinski definition) is 0. The number of carbonyl (C=O) groups is 1. The molecule has 4 heterocycles. The Labute approximate surface area is 148 Å². The van der Waals surface area contributed by atoms with Crippen LogP contribution in [0.4, 0.5) is 0 Å². The SMILES string of the molecule is Cc1ccc2nnc(C3CCN(C(=O)C4CCCN(C)C4)CC3)n2n1. The van der Waals surface area contributed by atoms with Gasteiger partial charge in [0.1, 0.15) is 0 Å². The fraction of sp³-hybridized carbons (Fsp3) is 0.667. The molecule has 0 N–H and O–H groups in total. The predicted molar refractivity (Wildman–Crippen MR) is 94.3 cm³/mol. The molecular formula is C18H26N6O. The second kappa shape index (κ2) is 6.71. The highest BCUT2D eigenvalue weighted by atomic mass is 16.2. The van der Waals surface area contributed by atoms with Gasteiger partial charge in [-0.15, -0.1) is 10.2 Å². The maximum Gasteiger partial charge on any atom is 0.226 e. The Morgan fingerprint density at radius 3 is 2.68 bits per heavy atom. The van der Waals surface area contributed by atoms with Crippen LogP contribution < -0.4 is 0 Å². The Morgan fingerprint density at radius 1 is 1.12 bits per heavy atom. The van der Waals surface area contributed by atoms with E-state index >= 15 is 0 Å². The third kappa shape index (κ3) is 3.25. The molecular weight excluding hydrogens is 316 g/mol. The van der Waals surface area contributed by atoms with Gasteiger partial charge in [0.25, 0.3) is 0 Å². The first kappa shape index (κ1) is 16.4. The first-order chi connectivity index (χ1) is 12.1. The van der Waals surface area contributed by atoms with Crippen LogP contribution in [0, 0.1) is 12.8 Å². The maximum atomic E-state index is 12.8. The lowest BCUT2D eigenvalue weighted by Crippen LogP contribution is -2.46. The first-order valence-electron chi connectivity index (χ1n) is 9.28. The van der Waals surface area contributed by atoms with Crippen LogP contribution in [0.2, 0.25) is 0 Å². The molecule has 4 rings (SSSR count). The van der Waals surface area contributed by atoms with Gasteiger partial charge in [0.2, 0.25) is 5.91 Å². The van der Waals surface area contributed by atoms with Crippen LogP contribution in [-0.4, -0.2) is 68.7 Å². The number of fused-ring (bicyclic) bond motifs is 1. The van der Waals surface area contributed by atoms with Gasteiger partial charge in [0.05, 0.1) is 11.6 Å². The molecule has 1 unspecified atom stereocenters. The molecule has 0 aromatic carbocycles. The summed E-state index contributed by atoms with van der Waals surface area (Å²) in [6, 6.07) is 3.91. The van der Waals surface area contributed by atoms with Crippen LogP contribution in [0.1, 0.15) is 43.1 Å². The number of aryl methyl sites for hydroxylation is 1. The van der Waals surface area contributed by atoms with Crippen molar-refractivity contribution in [3.8, 4) is 0 Å². The first-order valence-corrected chi connectivity index (χ1v) is 9.28. The van der Waals surface area contributed by atoms with Gasteiger partial charge in [0, 0.05) is 25.6 Å². The van der Waals surface area contributed by atoms with E-state index in [0.29, 0.717) is 11.8 Å². The summed E-state index contributed by atoms with van der Waals surface area (Å²) >= 11 is 0. The van der Waals surface area contributed by atoms with Crippen LogP contribution in [0.5, 0.6) is 0 Å². The minimum atomic E-state index is 0.175. The Morgan fingerprint density at radius 2 is 1.92 bits per heavy atom. The van der Waals surface area contributed by atoms with E-state index < -0.39 is 0 Å². The standard InChI is InChI=1S/C18H26N6O/c1-13-5-6-16-19-20-17(24(16)21-13)14-7-10-23(11-8-14)18(25)15-4-3-9-22(2)12-15/h5-6,14-15H,3-4,7-12H2,1-2H3. The minimum Gasteiger partial charge on any atom is -0.342 e. The lowest BCUT2D eigenvalue weighted by Gasteiger charge is -2.36. The van der Waals surface area contributed by atoms with Crippen LogP contribution in [0.3, 0.4) is 0 Å². The molecule has 7 nitrogen and oxygen atoms in total. The van der Waals surface area contributed by atoms with Gasteiger partial charge in [-0.2, -0.15) is 9.61 Å². The van der Waals surface area contributed by atoms with Crippen LogP contribution in [0.25, 0.3) is 5.65 Å². The molecule has 25 heavy (non-hydrogen) atoms. The third-order valence-electron chi connectivity index (χ3n) is 5.57. The van der Waals surface area contributed by atoms with Crippen molar-refractivity contribution in [2.75, 3.05) is 33.2 Å². The van der Waals surface area contributed by atoms with Gasteiger partial charge in [-0.05, 0) is 58.3 Å². The van der Waals surface area contributed by atoms with E-state index in [4.69, 9.17) is 0 Å². The summed E-state index contributed by atoms with van der Waals surface area (Å²) in [7, 11) is 2.11. The molecule has 0 spiro atoms. The van der Waals surface area contributed by atoms with E-state index in [-0.39, 0.29) is 5.92 Å². The number of hydrogen-bond acceptors (Lipinski definition) is 5. The zero-order valence-corrected chi connectivity index (χ0v) is 15.1. The van der Waals surface area contributed by atoms with E-state index in [0.717, 1.165) is 69.0 Å². The number of likely N-dealkylation sites (tertiary alicyclic amines) is 2. The normalized spacial score (nSPS) is 23.3. The summed E-state index contributed by atoms with van der Waals surface area (Å²) in [5.41, 5.74) is 1.76. The van der Waals surface area contributed by atoms with Crippen molar-refractivity contribution in [1.29, 1.82) is 0 Å². The van der Waals surface area contributed by atoms with Crippen molar-refractivity contribution in [3.63, 3.8) is 0 Å². The molecule has 2 aromatic rings. The average Bonchev–Trinajstić information content (AvgIpc) is 3.04. The summed E-state index contributed by atoms with van der Waals surface area (Å²) in [6.07, 6.45) is 4.02. The highest BCUT2D eigenvalue weighted by Gasteiger charge is 2.32. The summed E-state index contributed by atoms with van der Waals surface area (Å²) in [6.45, 7) is 5.61. The third-order valence-corrected chi connectivity index (χ3v) is 5.57. The van der Waals surface area contributed by atoms with Crippen molar-refractivity contribution < 1.29 is 4.79 Å². The van der Waals surface area contributed by atoms with Gasteiger partial charge in [-0.1, -0.05) is 0 Å². The smallest absolute Gasteiger partial charge is 0.226 e. The Balaban J connectivity index is 1.42. The summed E-state index contributed by atoms with van der Waals surface area (Å²) in [4.78, 5) is 17.1. The predicted octanol–water partition coefficient (Wildman–Crippen LogP) is 1.48. The van der Waals surface area contributed by atoms with Gasteiger partial charge in [-0.3, -0.25) is 4.79 Å².